The first-order valence-electron chi connectivity index (χ1n) is 8.43. The van der Waals surface area contributed by atoms with E-state index in [1.54, 1.807) is 11.8 Å². The van der Waals surface area contributed by atoms with E-state index in [1.165, 1.54) is 0 Å². The number of ether oxygens (including phenoxy) is 1. The van der Waals surface area contributed by atoms with E-state index in [1.807, 2.05) is 67.7 Å². The molecule has 3 aromatic rings. The molecular weight excluding hydrogens is 328 g/mol. The molecule has 0 aliphatic rings. The Bertz CT molecular complexity index is 875. The second-order valence-corrected chi connectivity index (χ2v) is 5.85. The molecule has 1 aromatic heterocycles. The summed E-state index contributed by atoms with van der Waals surface area (Å²) in [5.74, 6) is 1.34. The molecule has 0 unspecified atom stereocenters. The smallest absolute Gasteiger partial charge is 0.320 e. The van der Waals surface area contributed by atoms with Crippen LogP contribution in [-0.2, 0) is 13.5 Å². The molecular formula is C20H22N4O2. The molecule has 6 heteroatoms. The van der Waals surface area contributed by atoms with Crippen LogP contribution >= 0.6 is 0 Å². The summed E-state index contributed by atoms with van der Waals surface area (Å²) >= 11 is 0. The normalized spacial score (nSPS) is 10.4. The van der Waals surface area contributed by atoms with Gasteiger partial charge in [-0.1, -0.05) is 48.5 Å². The van der Waals surface area contributed by atoms with Crippen LogP contribution in [0.4, 0.5) is 10.6 Å². The quantitative estimate of drug-likeness (QED) is 0.715. The highest BCUT2D eigenvalue weighted by Crippen LogP contribution is 2.21. The fraction of sp³-hybridized carbons (Fsp3) is 0.200. The van der Waals surface area contributed by atoms with Crippen molar-refractivity contribution in [3.63, 3.8) is 0 Å². The SMILES string of the molecule is COc1ccccc1CCNC(=O)Nc1cc(-c2ccccc2)n(C)n1. The number of aromatic nitrogens is 2. The minimum Gasteiger partial charge on any atom is -0.496 e. The minimum absolute atomic E-state index is 0.280. The molecule has 0 aliphatic heterocycles. The fourth-order valence-corrected chi connectivity index (χ4v) is 2.79. The number of methoxy groups -OCH3 is 1. The van der Waals surface area contributed by atoms with Gasteiger partial charge in [-0.05, 0) is 23.6 Å². The number of nitrogens with zero attached hydrogens (tertiary/aromatic N) is 2. The number of urea groups is 1. The molecule has 0 fully saturated rings. The molecule has 0 aliphatic carbocycles. The van der Waals surface area contributed by atoms with Gasteiger partial charge in [0.1, 0.15) is 5.75 Å². The van der Waals surface area contributed by atoms with Crippen LogP contribution in [0.15, 0.2) is 60.7 Å². The van der Waals surface area contributed by atoms with E-state index >= 15 is 0 Å². The molecule has 6 nitrogen and oxygen atoms in total. The van der Waals surface area contributed by atoms with Gasteiger partial charge in [-0.25, -0.2) is 4.79 Å². The predicted octanol–water partition coefficient (Wildman–Crippen LogP) is 3.46. The van der Waals surface area contributed by atoms with Gasteiger partial charge < -0.3 is 10.1 Å². The van der Waals surface area contributed by atoms with Crippen molar-refractivity contribution in [2.75, 3.05) is 19.0 Å². The highest BCUT2D eigenvalue weighted by Gasteiger charge is 2.10. The maximum atomic E-state index is 12.1. The van der Waals surface area contributed by atoms with Crippen molar-refractivity contribution in [1.82, 2.24) is 15.1 Å². The topological polar surface area (TPSA) is 68.2 Å². The number of rotatable bonds is 6. The third kappa shape index (κ3) is 4.22. The average molecular weight is 350 g/mol. The van der Waals surface area contributed by atoms with Gasteiger partial charge in [-0.3, -0.25) is 10.00 Å². The first-order valence-corrected chi connectivity index (χ1v) is 8.43. The lowest BCUT2D eigenvalue weighted by Crippen LogP contribution is -2.30. The Balaban J connectivity index is 1.56. The Kier molecular flexibility index (Phi) is 5.53. The summed E-state index contributed by atoms with van der Waals surface area (Å²) in [5, 5.41) is 9.96. The van der Waals surface area contributed by atoms with Gasteiger partial charge in [-0.2, -0.15) is 5.10 Å². The summed E-state index contributed by atoms with van der Waals surface area (Å²) in [6.45, 7) is 0.505. The molecule has 1 heterocycles. The van der Waals surface area contributed by atoms with Crippen molar-refractivity contribution in [2.24, 2.45) is 7.05 Å². The van der Waals surface area contributed by atoms with E-state index in [2.05, 4.69) is 15.7 Å². The van der Waals surface area contributed by atoms with Crippen LogP contribution in [0.1, 0.15) is 5.56 Å². The highest BCUT2D eigenvalue weighted by atomic mass is 16.5. The highest BCUT2D eigenvalue weighted by molar-refractivity contribution is 5.88. The van der Waals surface area contributed by atoms with Crippen LogP contribution in [0.5, 0.6) is 5.75 Å². The zero-order valence-electron chi connectivity index (χ0n) is 14.9. The molecule has 2 N–H and O–H groups in total. The van der Waals surface area contributed by atoms with Crippen molar-refractivity contribution in [3.8, 4) is 17.0 Å². The molecule has 2 amide bonds. The number of carbonyl (C=O) groups is 1. The van der Waals surface area contributed by atoms with Crippen LogP contribution in [0.25, 0.3) is 11.3 Å². The van der Waals surface area contributed by atoms with Crippen LogP contribution in [0, 0.1) is 0 Å². The summed E-state index contributed by atoms with van der Waals surface area (Å²) < 4.78 is 7.07. The number of hydrogen-bond donors (Lipinski definition) is 2. The van der Waals surface area contributed by atoms with Crippen molar-refractivity contribution in [3.05, 3.63) is 66.2 Å². The first kappa shape index (κ1) is 17.5. The zero-order valence-corrected chi connectivity index (χ0v) is 14.9. The molecule has 2 aromatic carbocycles. The van der Waals surface area contributed by atoms with E-state index in [4.69, 9.17) is 4.74 Å². The molecule has 0 saturated heterocycles. The van der Waals surface area contributed by atoms with E-state index in [0.717, 1.165) is 22.6 Å². The number of carbonyl (C=O) groups excluding carboxylic acids is 1. The predicted molar refractivity (Wildman–Crippen MR) is 102 cm³/mol. The van der Waals surface area contributed by atoms with Crippen molar-refractivity contribution >= 4 is 11.8 Å². The number of benzene rings is 2. The van der Waals surface area contributed by atoms with Crippen LogP contribution in [0.3, 0.4) is 0 Å². The maximum absolute atomic E-state index is 12.1. The van der Waals surface area contributed by atoms with Gasteiger partial charge >= 0.3 is 6.03 Å². The van der Waals surface area contributed by atoms with Gasteiger partial charge in [-0.15, -0.1) is 0 Å². The Morgan fingerprint density at radius 2 is 1.85 bits per heavy atom. The van der Waals surface area contributed by atoms with E-state index in [-0.39, 0.29) is 6.03 Å². The van der Waals surface area contributed by atoms with Crippen molar-refractivity contribution in [1.29, 1.82) is 0 Å². The number of nitrogens with one attached hydrogen (secondary N) is 2. The molecule has 3 rings (SSSR count). The Labute approximate surface area is 152 Å². The number of anilines is 1. The molecule has 0 atom stereocenters. The second kappa shape index (κ2) is 8.20. The van der Waals surface area contributed by atoms with Crippen LogP contribution in [-0.4, -0.2) is 29.5 Å². The molecule has 0 spiro atoms. The number of aryl methyl sites for hydroxylation is 1. The number of amides is 2. The van der Waals surface area contributed by atoms with Crippen LogP contribution in [0.2, 0.25) is 0 Å². The Morgan fingerprint density at radius 1 is 1.12 bits per heavy atom. The van der Waals surface area contributed by atoms with Crippen molar-refractivity contribution in [2.45, 2.75) is 6.42 Å². The van der Waals surface area contributed by atoms with E-state index in [0.29, 0.717) is 18.8 Å². The standard InChI is InChI=1S/C20H22N4O2/c1-24-17(15-8-4-3-5-9-15)14-19(23-24)22-20(25)21-13-12-16-10-6-7-11-18(16)26-2/h3-11,14H,12-13H2,1-2H3,(H2,21,22,23,25). The van der Waals surface area contributed by atoms with Gasteiger partial charge in [0.15, 0.2) is 5.82 Å². The van der Waals surface area contributed by atoms with E-state index < -0.39 is 0 Å². The lowest BCUT2D eigenvalue weighted by molar-refractivity contribution is 0.252. The van der Waals surface area contributed by atoms with Crippen molar-refractivity contribution < 1.29 is 9.53 Å². The molecule has 0 radical (unpaired) electrons. The van der Waals surface area contributed by atoms with E-state index in [9.17, 15) is 4.79 Å². The molecule has 26 heavy (non-hydrogen) atoms. The van der Waals surface area contributed by atoms with Gasteiger partial charge in [0.05, 0.1) is 12.8 Å². The van der Waals surface area contributed by atoms with Crippen LogP contribution < -0.4 is 15.4 Å². The summed E-state index contributed by atoms with van der Waals surface area (Å²) in [6.07, 6.45) is 0.689. The second-order valence-electron chi connectivity index (χ2n) is 5.85. The van der Waals surface area contributed by atoms with Gasteiger partial charge in [0, 0.05) is 19.7 Å². The minimum atomic E-state index is -0.280. The fourth-order valence-electron chi connectivity index (χ4n) is 2.79. The monoisotopic (exact) mass is 350 g/mol. The number of hydrogen-bond acceptors (Lipinski definition) is 3. The molecule has 0 saturated carbocycles. The average Bonchev–Trinajstić information content (AvgIpc) is 3.03. The first-order chi connectivity index (χ1) is 12.7. The maximum Gasteiger partial charge on any atom is 0.320 e. The lowest BCUT2D eigenvalue weighted by Gasteiger charge is -2.09. The number of para-hydroxylation sites is 1. The van der Waals surface area contributed by atoms with Gasteiger partial charge in [0.2, 0.25) is 0 Å². The van der Waals surface area contributed by atoms with Gasteiger partial charge in [0.25, 0.3) is 0 Å². The summed E-state index contributed by atoms with van der Waals surface area (Å²) in [7, 11) is 3.50. The molecule has 0 bridgehead atoms. The summed E-state index contributed by atoms with van der Waals surface area (Å²) in [6, 6.07) is 19.3. The Hall–Kier alpha value is -3.28. The molecule has 134 valence electrons. The lowest BCUT2D eigenvalue weighted by atomic mass is 10.1. The third-order valence-electron chi connectivity index (χ3n) is 4.06. The largest absolute Gasteiger partial charge is 0.496 e. The third-order valence-corrected chi connectivity index (χ3v) is 4.06. The zero-order chi connectivity index (χ0) is 18.4. The Morgan fingerprint density at radius 3 is 2.62 bits per heavy atom. The summed E-state index contributed by atoms with van der Waals surface area (Å²) in [4.78, 5) is 12.1. The summed E-state index contributed by atoms with van der Waals surface area (Å²) in [5.41, 5.74) is 3.04.